The van der Waals surface area contributed by atoms with E-state index in [2.05, 4.69) is 5.32 Å². The highest BCUT2D eigenvalue weighted by Crippen LogP contribution is 2.34. The van der Waals surface area contributed by atoms with Gasteiger partial charge in [0.05, 0.1) is 18.2 Å². The van der Waals surface area contributed by atoms with Crippen LogP contribution in [-0.2, 0) is 0 Å². The Balaban J connectivity index is 2.58. The van der Waals surface area contributed by atoms with Gasteiger partial charge >= 0.3 is 0 Å². The van der Waals surface area contributed by atoms with Gasteiger partial charge in [0, 0.05) is 5.56 Å². The zero-order valence-electron chi connectivity index (χ0n) is 11.1. The number of rotatable bonds is 4. The van der Waals surface area contributed by atoms with Gasteiger partial charge in [0.25, 0.3) is 0 Å². The Kier molecular flexibility index (Phi) is 4.57. The quantitative estimate of drug-likeness (QED) is 0.923. The smallest absolute Gasteiger partial charge is 0.142 e. The fourth-order valence-corrected chi connectivity index (χ4v) is 2.39. The van der Waals surface area contributed by atoms with Gasteiger partial charge in [-0.25, -0.2) is 8.78 Å². The molecule has 2 rings (SSSR count). The van der Waals surface area contributed by atoms with Gasteiger partial charge in [-0.15, -0.1) is 0 Å². The first-order chi connectivity index (χ1) is 9.58. The molecule has 0 heterocycles. The second-order valence-electron chi connectivity index (χ2n) is 4.25. The highest BCUT2D eigenvalue weighted by atomic mass is 35.5. The van der Waals surface area contributed by atoms with E-state index in [0.717, 1.165) is 0 Å². The van der Waals surface area contributed by atoms with E-state index in [4.69, 9.17) is 16.3 Å². The summed E-state index contributed by atoms with van der Waals surface area (Å²) >= 11 is 6.00. The van der Waals surface area contributed by atoms with E-state index in [-0.39, 0.29) is 5.02 Å². The molecular formula is C15H14ClF2NO. The summed E-state index contributed by atoms with van der Waals surface area (Å²) in [6, 6.07) is 8.25. The molecule has 1 unspecified atom stereocenters. The van der Waals surface area contributed by atoms with Crippen LogP contribution in [0.25, 0.3) is 0 Å². The summed E-state index contributed by atoms with van der Waals surface area (Å²) in [5, 5.41) is 3.02. The molecule has 0 aromatic heterocycles. The van der Waals surface area contributed by atoms with E-state index >= 15 is 0 Å². The molecule has 2 aromatic carbocycles. The van der Waals surface area contributed by atoms with Crippen LogP contribution in [0.4, 0.5) is 8.78 Å². The van der Waals surface area contributed by atoms with E-state index in [1.165, 1.54) is 31.4 Å². The van der Waals surface area contributed by atoms with Gasteiger partial charge in [-0.2, -0.15) is 0 Å². The van der Waals surface area contributed by atoms with Crippen molar-refractivity contribution in [3.8, 4) is 5.75 Å². The van der Waals surface area contributed by atoms with Crippen LogP contribution in [0.2, 0.25) is 5.02 Å². The Labute approximate surface area is 121 Å². The molecule has 5 heteroatoms. The number of hydrogen-bond acceptors (Lipinski definition) is 2. The largest absolute Gasteiger partial charge is 0.496 e. The first kappa shape index (κ1) is 14.8. The molecule has 2 aromatic rings. The number of benzene rings is 2. The van der Waals surface area contributed by atoms with Gasteiger partial charge in [0.1, 0.15) is 17.4 Å². The second-order valence-corrected chi connectivity index (χ2v) is 4.63. The maximum atomic E-state index is 13.6. The molecule has 106 valence electrons. The van der Waals surface area contributed by atoms with E-state index in [1.54, 1.807) is 19.2 Å². The van der Waals surface area contributed by atoms with Crippen molar-refractivity contribution in [1.29, 1.82) is 0 Å². The molecule has 0 aliphatic rings. The minimum Gasteiger partial charge on any atom is -0.496 e. The van der Waals surface area contributed by atoms with Crippen LogP contribution in [0.3, 0.4) is 0 Å². The molecule has 0 bridgehead atoms. The lowest BCUT2D eigenvalue weighted by Crippen LogP contribution is -2.19. The van der Waals surface area contributed by atoms with Crippen molar-refractivity contribution in [1.82, 2.24) is 5.32 Å². The van der Waals surface area contributed by atoms with Crippen LogP contribution in [-0.4, -0.2) is 14.2 Å². The van der Waals surface area contributed by atoms with E-state index in [0.29, 0.717) is 16.9 Å². The van der Waals surface area contributed by atoms with Crippen LogP contribution < -0.4 is 10.1 Å². The molecule has 0 saturated carbocycles. The van der Waals surface area contributed by atoms with Gasteiger partial charge in [0.15, 0.2) is 0 Å². The molecule has 0 spiro atoms. The van der Waals surface area contributed by atoms with Gasteiger partial charge in [-0.3, -0.25) is 0 Å². The van der Waals surface area contributed by atoms with Crippen molar-refractivity contribution in [3.05, 3.63) is 64.2 Å². The minimum absolute atomic E-state index is 0.0122. The van der Waals surface area contributed by atoms with Crippen molar-refractivity contribution in [2.24, 2.45) is 0 Å². The van der Waals surface area contributed by atoms with E-state index in [9.17, 15) is 8.78 Å². The summed E-state index contributed by atoms with van der Waals surface area (Å²) in [7, 11) is 3.19. The Morgan fingerprint density at radius 3 is 2.55 bits per heavy atom. The Morgan fingerprint density at radius 2 is 1.90 bits per heavy atom. The first-order valence-corrected chi connectivity index (χ1v) is 6.41. The molecule has 2 nitrogen and oxygen atoms in total. The summed E-state index contributed by atoms with van der Waals surface area (Å²) in [6.07, 6.45) is 0. The normalized spacial score (nSPS) is 12.2. The summed E-state index contributed by atoms with van der Waals surface area (Å²) in [5.41, 5.74) is 1.08. The third-order valence-corrected chi connectivity index (χ3v) is 3.48. The molecule has 0 saturated heterocycles. The van der Waals surface area contributed by atoms with Gasteiger partial charge in [0.2, 0.25) is 0 Å². The van der Waals surface area contributed by atoms with Gasteiger partial charge < -0.3 is 10.1 Å². The molecule has 0 aliphatic heterocycles. The lowest BCUT2D eigenvalue weighted by Gasteiger charge is -2.21. The number of halogens is 3. The standard InChI is InChI=1S/C15H14ClF2NO/c1-19-15(10-4-3-5-12(18)14(10)16)11-8-9(17)6-7-13(11)20-2/h3-8,15,19H,1-2H3. The molecule has 1 atom stereocenters. The minimum atomic E-state index is -0.514. The van der Waals surface area contributed by atoms with Crippen LogP contribution in [0.1, 0.15) is 17.2 Å². The van der Waals surface area contributed by atoms with Crippen molar-refractivity contribution in [3.63, 3.8) is 0 Å². The second kappa shape index (κ2) is 6.20. The molecular weight excluding hydrogens is 284 g/mol. The van der Waals surface area contributed by atoms with Crippen molar-refractivity contribution in [2.75, 3.05) is 14.2 Å². The summed E-state index contributed by atoms with van der Waals surface area (Å²) in [4.78, 5) is 0. The number of methoxy groups -OCH3 is 1. The topological polar surface area (TPSA) is 21.3 Å². The third-order valence-electron chi connectivity index (χ3n) is 3.08. The predicted molar refractivity (Wildman–Crippen MR) is 75.3 cm³/mol. The molecule has 0 aliphatic carbocycles. The molecule has 20 heavy (non-hydrogen) atoms. The Hall–Kier alpha value is -1.65. The van der Waals surface area contributed by atoms with E-state index < -0.39 is 17.7 Å². The van der Waals surface area contributed by atoms with Crippen LogP contribution in [0.5, 0.6) is 5.75 Å². The SMILES string of the molecule is CNC(c1cc(F)ccc1OC)c1cccc(F)c1Cl. The zero-order chi connectivity index (χ0) is 14.7. The average molecular weight is 298 g/mol. The molecule has 0 fully saturated rings. The summed E-state index contributed by atoms with van der Waals surface area (Å²) in [6.45, 7) is 0. The fraction of sp³-hybridized carbons (Fsp3) is 0.200. The molecule has 0 radical (unpaired) electrons. The highest BCUT2D eigenvalue weighted by molar-refractivity contribution is 6.31. The van der Waals surface area contributed by atoms with Gasteiger partial charge in [-0.1, -0.05) is 23.7 Å². The maximum absolute atomic E-state index is 13.6. The Morgan fingerprint density at radius 1 is 1.15 bits per heavy atom. The summed E-state index contributed by atoms with van der Waals surface area (Å²) < 4.78 is 32.3. The van der Waals surface area contributed by atoms with Crippen molar-refractivity contribution >= 4 is 11.6 Å². The lowest BCUT2D eigenvalue weighted by atomic mass is 9.97. The molecule has 0 amide bonds. The zero-order valence-corrected chi connectivity index (χ0v) is 11.8. The Bertz CT molecular complexity index is 619. The van der Waals surface area contributed by atoms with Crippen molar-refractivity contribution < 1.29 is 13.5 Å². The number of hydrogen-bond donors (Lipinski definition) is 1. The lowest BCUT2D eigenvalue weighted by molar-refractivity contribution is 0.403. The number of ether oxygens (including phenoxy) is 1. The maximum Gasteiger partial charge on any atom is 0.142 e. The van der Waals surface area contributed by atoms with E-state index in [1.807, 2.05) is 0 Å². The summed E-state index contributed by atoms with van der Waals surface area (Å²) in [5.74, 6) is -0.403. The van der Waals surface area contributed by atoms with Crippen LogP contribution >= 0.6 is 11.6 Å². The fourth-order valence-electron chi connectivity index (χ4n) is 2.15. The third kappa shape index (κ3) is 2.76. The van der Waals surface area contributed by atoms with Gasteiger partial charge in [-0.05, 0) is 36.9 Å². The first-order valence-electron chi connectivity index (χ1n) is 6.03. The van der Waals surface area contributed by atoms with Crippen LogP contribution in [0, 0.1) is 11.6 Å². The van der Waals surface area contributed by atoms with Crippen molar-refractivity contribution in [2.45, 2.75) is 6.04 Å². The predicted octanol–water partition coefficient (Wildman–Crippen LogP) is 3.94. The average Bonchev–Trinajstić information content (AvgIpc) is 2.44. The number of nitrogens with one attached hydrogen (secondary N) is 1. The molecule has 1 N–H and O–H groups in total. The van der Waals surface area contributed by atoms with Crippen LogP contribution in [0.15, 0.2) is 36.4 Å². The highest BCUT2D eigenvalue weighted by Gasteiger charge is 2.21. The monoisotopic (exact) mass is 297 g/mol.